The molecular weight excluding hydrogens is 280 g/mol. The number of aromatic nitrogens is 1. The minimum atomic E-state index is -0.186. The Hall–Kier alpha value is -2.40. The maximum absolute atomic E-state index is 10.0. The third kappa shape index (κ3) is 3.62. The molecule has 0 radical (unpaired) electrons. The molecule has 0 amide bonds. The molecule has 0 saturated carbocycles. The van der Waals surface area contributed by atoms with Gasteiger partial charge < -0.3 is 14.9 Å². The predicted octanol–water partition coefficient (Wildman–Crippen LogP) is 2.26. The molecule has 0 aliphatic rings. The molecule has 0 unspecified atom stereocenters. The first-order valence-corrected chi connectivity index (χ1v) is 7.07. The molecule has 5 nitrogen and oxygen atoms in total. The molecule has 1 heterocycles. The van der Waals surface area contributed by atoms with E-state index in [2.05, 4.69) is 9.98 Å². The zero-order valence-corrected chi connectivity index (χ0v) is 12.8. The molecule has 0 aliphatic carbocycles. The van der Waals surface area contributed by atoms with Crippen molar-refractivity contribution < 1.29 is 14.9 Å². The standard InChI is InChI=1S/C17H20N2O3/c1-12-17(21)15(14(11-20)9-19-12)10-18-8-7-13-5-3-4-6-16(13)22-2/h3-6,9-10,20-21H,7-8,11H2,1-2H3. The van der Waals surface area contributed by atoms with E-state index in [1.807, 2.05) is 24.3 Å². The molecule has 0 saturated heterocycles. The van der Waals surface area contributed by atoms with Gasteiger partial charge in [0.25, 0.3) is 0 Å². The summed E-state index contributed by atoms with van der Waals surface area (Å²) in [6.07, 6.45) is 3.88. The highest BCUT2D eigenvalue weighted by atomic mass is 16.5. The van der Waals surface area contributed by atoms with Crippen LogP contribution in [0, 0.1) is 6.92 Å². The van der Waals surface area contributed by atoms with Gasteiger partial charge in [-0.05, 0) is 25.0 Å². The lowest BCUT2D eigenvalue weighted by molar-refractivity contribution is 0.280. The molecule has 116 valence electrons. The van der Waals surface area contributed by atoms with Crippen LogP contribution in [0.25, 0.3) is 0 Å². The number of aliphatic hydroxyl groups excluding tert-OH is 1. The van der Waals surface area contributed by atoms with Gasteiger partial charge in [-0.1, -0.05) is 18.2 Å². The number of ether oxygens (including phenoxy) is 1. The van der Waals surface area contributed by atoms with Gasteiger partial charge in [0, 0.05) is 30.1 Å². The first-order chi connectivity index (χ1) is 10.7. The third-order valence-electron chi connectivity index (χ3n) is 3.45. The highest BCUT2D eigenvalue weighted by Gasteiger charge is 2.09. The molecule has 2 N–H and O–H groups in total. The van der Waals surface area contributed by atoms with Gasteiger partial charge in [0.05, 0.1) is 19.4 Å². The normalized spacial score (nSPS) is 11.0. The Morgan fingerprint density at radius 2 is 2.05 bits per heavy atom. The number of methoxy groups -OCH3 is 1. The fourth-order valence-electron chi connectivity index (χ4n) is 2.17. The second kappa shape index (κ2) is 7.56. The summed E-state index contributed by atoms with van der Waals surface area (Å²) in [7, 11) is 1.65. The average Bonchev–Trinajstić information content (AvgIpc) is 2.55. The largest absolute Gasteiger partial charge is 0.505 e. The number of rotatable bonds is 6. The lowest BCUT2D eigenvalue weighted by Crippen LogP contribution is -1.99. The van der Waals surface area contributed by atoms with Crippen LogP contribution in [0.15, 0.2) is 35.5 Å². The van der Waals surface area contributed by atoms with E-state index in [0.717, 1.165) is 17.7 Å². The van der Waals surface area contributed by atoms with E-state index in [9.17, 15) is 10.2 Å². The van der Waals surface area contributed by atoms with Crippen LogP contribution in [-0.2, 0) is 13.0 Å². The number of hydrogen-bond donors (Lipinski definition) is 2. The molecule has 2 aromatic rings. The molecule has 5 heteroatoms. The van der Waals surface area contributed by atoms with Crippen molar-refractivity contribution >= 4 is 6.21 Å². The fraction of sp³-hybridized carbons (Fsp3) is 0.294. The van der Waals surface area contributed by atoms with Gasteiger partial charge in [-0.25, -0.2) is 0 Å². The summed E-state index contributed by atoms with van der Waals surface area (Å²) < 4.78 is 5.30. The van der Waals surface area contributed by atoms with Crippen molar-refractivity contribution in [3.8, 4) is 11.5 Å². The SMILES string of the molecule is COc1ccccc1CCN=Cc1c(CO)cnc(C)c1O. The molecule has 0 bridgehead atoms. The van der Waals surface area contributed by atoms with Crippen LogP contribution in [0.4, 0.5) is 0 Å². The number of nitrogens with zero attached hydrogens (tertiary/aromatic N) is 2. The van der Waals surface area contributed by atoms with E-state index < -0.39 is 0 Å². The Bertz CT molecular complexity index is 669. The van der Waals surface area contributed by atoms with E-state index in [1.165, 1.54) is 0 Å². The number of pyridine rings is 1. The minimum absolute atomic E-state index is 0.0626. The second-order valence-electron chi connectivity index (χ2n) is 4.89. The van der Waals surface area contributed by atoms with Crippen molar-refractivity contribution in [3.05, 3.63) is 52.8 Å². The zero-order valence-electron chi connectivity index (χ0n) is 12.8. The van der Waals surface area contributed by atoms with Gasteiger partial charge in [-0.15, -0.1) is 0 Å². The van der Waals surface area contributed by atoms with Crippen LogP contribution < -0.4 is 4.74 Å². The molecule has 22 heavy (non-hydrogen) atoms. The van der Waals surface area contributed by atoms with Crippen LogP contribution in [0.3, 0.4) is 0 Å². The van der Waals surface area contributed by atoms with E-state index >= 15 is 0 Å². The molecule has 0 aliphatic heterocycles. The summed E-state index contributed by atoms with van der Waals surface area (Å²) in [6.45, 7) is 2.09. The van der Waals surface area contributed by atoms with Crippen molar-refractivity contribution in [2.24, 2.45) is 4.99 Å². The molecule has 2 rings (SSSR count). The van der Waals surface area contributed by atoms with Crippen molar-refractivity contribution in [2.75, 3.05) is 13.7 Å². The van der Waals surface area contributed by atoms with Crippen LogP contribution >= 0.6 is 0 Å². The third-order valence-corrected chi connectivity index (χ3v) is 3.45. The molecular formula is C17H20N2O3. The number of aliphatic hydroxyl groups is 1. The maximum atomic E-state index is 10.0. The van der Waals surface area contributed by atoms with Crippen LogP contribution in [-0.4, -0.2) is 35.1 Å². The Balaban J connectivity index is 2.09. The van der Waals surface area contributed by atoms with Crippen LogP contribution in [0.2, 0.25) is 0 Å². The van der Waals surface area contributed by atoms with Crippen molar-refractivity contribution in [2.45, 2.75) is 20.0 Å². The van der Waals surface area contributed by atoms with E-state index in [0.29, 0.717) is 23.4 Å². The van der Waals surface area contributed by atoms with Crippen LogP contribution in [0.1, 0.15) is 22.4 Å². The summed E-state index contributed by atoms with van der Waals surface area (Å²) in [4.78, 5) is 8.36. The molecule has 0 atom stereocenters. The number of para-hydroxylation sites is 1. The first-order valence-electron chi connectivity index (χ1n) is 7.07. The van der Waals surface area contributed by atoms with Gasteiger partial charge in [0.1, 0.15) is 11.5 Å². The summed E-state index contributed by atoms with van der Waals surface area (Å²) in [5.74, 6) is 0.906. The van der Waals surface area contributed by atoms with E-state index in [-0.39, 0.29) is 12.4 Å². The molecule has 0 fully saturated rings. The number of aliphatic imine (C=N–C) groups is 1. The van der Waals surface area contributed by atoms with Crippen molar-refractivity contribution in [1.82, 2.24) is 4.98 Å². The predicted molar refractivity (Wildman–Crippen MR) is 85.7 cm³/mol. The van der Waals surface area contributed by atoms with Crippen molar-refractivity contribution in [3.63, 3.8) is 0 Å². The highest BCUT2D eigenvalue weighted by Crippen LogP contribution is 2.22. The minimum Gasteiger partial charge on any atom is -0.505 e. The Morgan fingerprint density at radius 1 is 1.27 bits per heavy atom. The lowest BCUT2D eigenvalue weighted by atomic mass is 10.1. The number of hydrogen-bond acceptors (Lipinski definition) is 5. The topological polar surface area (TPSA) is 74.9 Å². The smallest absolute Gasteiger partial charge is 0.145 e. The molecule has 0 spiro atoms. The summed E-state index contributed by atoms with van der Waals surface area (Å²) in [5.41, 5.74) is 2.68. The Morgan fingerprint density at radius 3 is 2.77 bits per heavy atom. The molecule has 1 aromatic carbocycles. The quantitative estimate of drug-likeness (QED) is 0.802. The highest BCUT2D eigenvalue weighted by molar-refractivity contribution is 5.85. The zero-order chi connectivity index (χ0) is 15.9. The first kappa shape index (κ1) is 16.0. The number of aryl methyl sites for hydroxylation is 1. The monoisotopic (exact) mass is 300 g/mol. The van der Waals surface area contributed by atoms with Crippen LogP contribution in [0.5, 0.6) is 11.5 Å². The fourth-order valence-corrected chi connectivity index (χ4v) is 2.17. The van der Waals surface area contributed by atoms with Crippen molar-refractivity contribution in [1.29, 1.82) is 0 Å². The van der Waals surface area contributed by atoms with E-state index in [1.54, 1.807) is 26.4 Å². The lowest BCUT2D eigenvalue weighted by Gasteiger charge is -2.08. The van der Waals surface area contributed by atoms with Gasteiger partial charge in [0.2, 0.25) is 0 Å². The van der Waals surface area contributed by atoms with Gasteiger partial charge in [-0.3, -0.25) is 9.98 Å². The second-order valence-corrected chi connectivity index (χ2v) is 4.89. The number of benzene rings is 1. The average molecular weight is 300 g/mol. The maximum Gasteiger partial charge on any atom is 0.145 e. The Kier molecular flexibility index (Phi) is 5.49. The summed E-state index contributed by atoms with van der Waals surface area (Å²) in [5, 5.41) is 19.3. The number of aromatic hydroxyl groups is 1. The van der Waals surface area contributed by atoms with Gasteiger partial charge >= 0.3 is 0 Å². The van der Waals surface area contributed by atoms with Gasteiger partial charge in [0.15, 0.2) is 0 Å². The summed E-state index contributed by atoms with van der Waals surface area (Å²) in [6, 6.07) is 7.81. The molecule has 1 aromatic heterocycles. The van der Waals surface area contributed by atoms with Gasteiger partial charge in [-0.2, -0.15) is 0 Å². The Labute approximate surface area is 129 Å². The van der Waals surface area contributed by atoms with E-state index in [4.69, 9.17) is 4.74 Å². The summed E-state index contributed by atoms with van der Waals surface area (Å²) >= 11 is 0.